The molecule has 0 bridgehead atoms. The third-order valence-electron chi connectivity index (χ3n) is 1.29. The van der Waals surface area contributed by atoms with Crippen LogP contribution < -0.4 is 0 Å². The number of hydrogen-bond donors (Lipinski definition) is 2. The zero-order valence-corrected chi connectivity index (χ0v) is 9.30. The second-order valence-corrected chi connectivity index (χ2v) is 5.90. The molecule has 0 aliphatic carbocycles. The lowest BCUT2D eigenvalue weighted by Gasteiger charge is -2.21. The Kier molecular flexibility index (Phi) is 4.04. The van der Waals surface area contributed by atoms with Crippen LogP contribution in [-0.4, -0.2) is 37.3 Å². The third-order valence-corrected chi connectivity index (χ3v) is 2.67. The monoisotopic (exact) mass is 248 g/mol. The van der Waals surface area contributed by atoms with Crippen LogP contribution in [0.4, 0.5) is 0 Å². The Bertz CT molecular complexity index is 376. The van der Waals surface area contributed by atoms with Gasteiger partial charge in [0, 0.05) is 0 Å². The van der Waals surface area contributed by atoms with Gasteiger partial charge in [-0.3, -0.25) is 9.11 Å². The van der Waals surface area contributed by atoms with Gasteiger partial charge in [0.25, 0.3) is 10.1 Å². The molecule has 14 heavy (non-hydrogen) atoms. The van der Waals surface area contributed by atoms with Crippen molar-refractivity contribution >= 4 is 20.5 Å². The average molecular weight is 248 g/mol. The van der Waals surface area contributed by atoms with Crippen LogP contribution in [0, 0.1) is 0 Å². The first-order chi connectivity index (χ1) is 5.91. The van der Waals surface area contributed by atoms with Crippen molar-refractivity contribution in [1.29, 1.82) is 0 Å². The maximum atomic E-state index is 10.3. The summed E-state index contributed by atoms with van der Waals surface area (Å²) in [4.78, 5) is 0. The summed E-state index contributed by atoms with van der Waals surface area (Å²) in [6.45, 7) is 2.54. The van der Waals surface area contributed by atoms with Crippen LogP contribution in [0.3, 0.4) is 0 Å². The number of rotatable bonds is 5. The molecule has 0 saturated carbocycles. The van der Waals surface area contributed by atoms with Gasteiger partial charge in [-0.05, 0) is 20.3 Å². The number of hydrogen-bond acceptors (Lipinski definition) is 5. The molecule has 86 valence electrons. The van der Waals surface area contributed by atoms with Crippen molar-refractivity contribution in [3.05, 3.63) is 0 Å². The van der Waals surface area contributed by atoms with Gasteiger partial charge in [-0.15, -0.1) is 0 Å². The Labute approximate surface area is 82.8 Å². The summed E-state index contributed by atoms with van der Waals surface area (Å²) in [6, 6.07) is 0. The van der Waals surface area contributed by atoms with Crippen LogP contribution in [0.2, 0.25) is 0 Å². The van der Waals surface area contributed by atoms with Gasteiger partial charge < -0.3 is 0 Å². The minimum atomic E-state index is -4.63. The highest BCUT2D eigenvalue weighted by Crippen LogP contribution is 2.17. The van der Waals surface area contributed by atoms with Crippen molar-refractivity contribution in [2.75, 3.05) is 5.75 Å². The van der Waals surface area contributed by atoms with Gasteiger partial charge in [-0.25, -0.2) is 4.18 Å². The predicted molar refractivity (Wildman–Crippen MR) is 47.7 cm³/mol. The van der Waals surface area contributed by atoms with Crippen molar-refractivity contribution in [1.82, 2.24) is 0 Å². The lowest BCUT2D eigenvalue weighted by molar-refractivity contribution is 0.0960. The van der Waals surface area contributed by atoms with Crippen molar-refractivity contribution in [2.45, 2.75) is 25.9 Å². The summed E-state index contributed by atoms with van der Waals surface area (Å²) in [6.07, 6.45) is -0.258. The highest BCUT2D eigenvalue weighted by atomic mass is 32.3. The van der Waals surface area contributed by atoms with Gasteiger partial charge in [-0.2, -0.15) is 16.8 Å². The van der Waals surface area contributed by atoms with E-state index < -0.39 is 31.9 Å². The maximum absolute atomic E-state index is 10.3. The molecule has 0 fully saturated rings. The molecular formula is C5H12O7S2. The lowest BCUT2D eigenvalue weighted by atomic mass is 10.1. The van der Waals surface area contributed by atoms with E-state index in [2.05, 4.69) is 4.18 Å². The molecule has 0 saturated heterocycles. The molecular weight excluding hydrogens is 236 g/mol. The molecule has 0 radical (unpaired) electrons. The Balaban J connectivity index is 4.37. The van der Waals surface area contributed by atoms with Gasteiger partial charge in [0.05, 0.1) is 11.4 Å². The highest BCUT2D eigenvalue weighted by Gasteiger charge is 2.27. The second-order valence-electron chi connectivity index (χ2n) is 3.31. The summed E-state index contributed by atoms with van der Waals surface area (Å²) in [5.41, 5.74) is -1.39. The summed E-state index contributed by atoms with van der Waals surface area (Å²) in [5, 5.41) is 0. The summed E-state index contributed by atoms with van der Waals surface area (Å²) in [7, 11) is -8.80. The van der Waals surface area contributed by atoms with Crippen LogP contribution in [0.1, 0.15) is 20.3 Å². The molecule has 0 heterocycles. The van der Waals surface area contributed by atoms with Crippen LogP contribution in [0.25, 0.3) is 0 Å². The first kappa shape index (κ1) is 13.8. The van der Waals surface area contributed by atoms with Crippen LogP contribution in [0.5, 0.6) is 0 Å². The van der Waals surface area contributed by atoms with Crippen molar-refractivity contribution in [3.63, 3.8) is 0 Å². The van der Waals surface area contributed by atoms with E-state index in [-0.39, 0.29) is 6.42 Å². The second kappa shape index (κ2) is 4.11. The van der Waals surface area contributed by atoms with Gasteiger partial charge in [0.2, 0.25) is 0 Å². The molecule has 0 aromatic carbocycles. The molecule has 0 aliphatic heterocycles. The largest absolute Gasteiger partial charge is 0.397 e. The zero-order valence-electron chi connectivity index (χ0n) is 7.67. The lowest BCUT2D eigenvalue weighted by Crippen LogP contribution is -2.30. The molecule has 0 aromatic rings. The minimum absolute atomic E-state index is 0.258. The molecule has 0 unspecified atom stereocenters. The van der Waals surface area contributed by atoms with Gasteiger partial charge in [0.1, 0.15) is 0 Å². The van der Waals surface area contributed by atoms with E-state index in [0.717, 1.165) is 0 Å². The van der Waals surface area contributed by atoms with Crippen molar-refractivity contribution < 1.29 is 30.1 Å². The Morgan fingerprint density at radius 3 is 1.86 bits per heavy atom. The zero-order chi connectivity index (χ0) is 11.6. The Morgan fingerprint density at radius 1 is 1.14 bits per heavy atom. The van der Waals surface area contributed by atoms with Crippen LogP contribution in [0.15, 0.2) is 0 Å². The molecule has 0 amide bonds. The molecule has 0 spiro atoms. The van der Waals surface area contributed by atoms with Gasteiger partial charge in [-0.1, -0.05) is 0 Å². The first-order valence-corrected chi connectivity index (χ1v) is 6.52. The molecule has 2 N–H and O–H groups in total. The summed E-state index contributed by atoms with van der Waals surface area (Å²) < 4.78 is 62.1. The Morgan fingerprint density at radius 2 is 1.57 bits per heavy atom. The quantitative estimate of drug-likeness (QED) is 0.650. The van der Waals surface area contributed by atoms with Crippen molar-refractivity contribution in [3.8, 4) is 0 Å². The molecule has 0 aliphatic rings. The molecule has 0 rings (SSSR count). The maximum Gasteiger partial charge on any atom is 0.397 e. The highest BCUT2D eigenvalue weighted by molar-refractivity contribution is 7.85. The van der Waals surface area contributed by atoms with Gasteiger partial charge >= 0.3 is 10.4 Å². The summed E-state index contributed by atoms with van der Waals surface area (Å²) in [5.74, 6) is -0.643. The van der Waals surface area contributed by atoms with E-state index in [1.807, 2.05) is 0 Å². The van der Waals surface area contributed by atoms with E-state index >= 15 is 0 Å². The molecule has 0 aromatic heterocycles. The van der Waals surface area contributed by atoms with E-state index in [1.165, 1.54) is 13.8 Å². The molecule has 7 nitrogen and oxygen atoms in total. The van der Waals surface area contributed by atoms with Gasteiger partial charge in [0.15, 0.2) is 0 Å². The standard InChI is InChI=1S/C5H12O7S2/c1-5(2,12-14(9,10)11)3-4-13(6,7)8/h3-4H2,1-2H3,(H,6,7,8)(H,9,10,11). The fourth-order valence-corrected chi connectivity index (χ4v) is 2.10. The minimum Gasteiger partial charge on any atom is -0.286 e. The SMILES string of the molecule is CC(C)(CCS(=O)(=O)O)OS(=O)(=O)O. The average Bonchev–Trinajstić information content (AvgIpc) is 1.76. The normalized spacial score (nSPS) is 14.3. The van der Waals surface area contributed by atoms with E-state index in [4.69, 9.17) is 9.11 Å². The Hall–Kier alpha value is -0.220. The van der Waals surface area contributed by atoms with Crippen LogP contribution >= 0.6 is 0 Å². The fraction of sp³-hybridized carbons (Fsp3) is 1.00. The molecule has 0 atom stereocenters. The van der Waals surface area contributed by atoms with Crippen molar-refractivity contribution in [2.24, 2.45) is 0 Å². The van der Waals surface area contributed by atoms with E-state index in [1.54, 1.807) is 0 Å². The first-order valence-electron chi connectivity index (χ1n) is 3.54. The predicted octanol–water partition coefficient (Wildman–Crippen LogP) is -0.138. The third kappa shape index (κ3) is 8.38. The fourth-order valence-electron chi connectivity index (χ4n) is 0.702. The van der Waals surface area contributed by atoms with Crippen LogP contribution in [-0.2, 0) is 24.7 Å². The topological polar surface area (TPSA) is 118 Å². The molecule has 9 heteroatoms. The smallest absolute Gasteiger partial charge is 0.286 e. The van der Waals surface area contributed by atoms with E-state index in [9.17, 15) is 16.8 Å². The van der Waals surface area contributed by atoms with E-state index in [0.29, 0.717) is 0 Å². The summed E-state index contributed by atoms with van der Waals surface area (Å²) >= 11 is 0.